The highest BCUT2D eigenvalue weighted by molar-refractivity contribution is 5.94. The molecule has 4 atom stereocenters. The second kappa shape index (κ2) is 14.8. The Morgan fingerprint density at radius 2 is 1.35 bits per heavy atom. The molecule has 0 heterocycles. The third-order valence-electron chi connectivity index (χ3n) is 5.66. The maximum absolute atomic E-state index is 13.2. The zero-order chi connectivity index (χ0) is 28.3. The molecule has 0 aliphatic carbocycles. The standard InChI is InChI=1S/C25H39N5O7/c1-13(2)11-19(25(36)37)30-23(34)18(12-15-5-7-16(31)8-6-15)29-22(33)17(9-10-20(26)32)28-24(35)21(27)14(3)4/h5-8,13-14,17-19,21,31H,9-12,27H2,1-4H3,(H2,26,32)(H,28,35)(H,29,33)(H,30,34)(H,36,37). The first kappa shape index (κ1) is 31.4. The molecule has 0 aromatic heterocycles. The van der Waals surface area contributed by atoms with Gasteiger partial charge in [-0.05, 0) is 42.4 Å². The normalized spacial score (nSPS) is 14.4. The Morgan fingerprint density at radius 1 is 0.838 bits per heavy atom. The van der Waals surface area contributed by atoms with Crippen molar-refractivity contribution in [2.75, 3.05) is 0 Å². The molecule has 0 bridgehead atoms. The van der Waals surface area contributed by atoms with Crippen molar-refractivity contribution in [3.8, 4) is 5.75 Å². The van der Waals surface area contributed by atoms with E-state index < -0.39 is 53.8 Å². The van der Waals surface area contributed by atoms with Gasteiger partial charge in [-0.15, -0.1) is 0 Å². The number of phenolic OH excluding ortho intramolecular Hbond substituents is 1. The van der Waals surface area contributed by atoms with Crippen molar-refractivity contribution in [2.24, 2.45) is 23.3 Å². The number of hydrogen-bond donors (Lipinski definition) is 7. The lowest BCUT2D eigenvalue weighted by Gasteiger charge is -2.26. The number of nitrogens with one attached hydrogen (secondary N) is 3. The number of aromatic hydroxyl groups is 1. The molecule has 0 spiro atoms. The van der Waals surface area contributed by atoms with E-state index in [-0.39, 0.29) is 43.3 Å². The first-order valence-electron chi connectivity index (χ1n) is 12.2. The molecule has 4 amide bonds. The lowest BCUT2D eigenvalue weighted by atomic mass is 10.0. The lowest BCUT2D eigenvalue weighted by molar-refractivity contribution is -0.142. The second-order valence-electron chi connectivity index (χ2n) is 9.80. The van der Waals surface area contributed by atoms with Gasteiger partial charge in [-0.25, -0.2) is 4.79 Å². The van der Waals surface area contributed by atoms with Crippen LogP contribution in [0.5, 0.6) is 5.75 Å². The first-order valence-corrected chi connectivity index (χ1v) is 12.2. The lowest BCUT2D eigenvalue weighted by Crippen LogP contribution is -2.58. The summed E-state index contributed by atoms with van der Waals surface area (Å²) in [6.07, 6.45) is -0.199. The molecule has 1 aromatic carbocycles. The molecule has 12 nitrogen and oxygen atoms in total. The summed E-state index contributed by atoms with van der Waals surface area (Å²) in [4.78, 5) is 61.8. The molecule has 0 aliphatic heterocycles. The van der Waals surface area contributed by atoms with E-state index in [1.54, 1.807) is 26.0 Å². The quantitative estimate of drug-likeness (QED) is 0.163. The highest BCUT2D eigenvalue weighted by atomic mass is 16.4. The Labute approximate surface area is 216 Å². The van der Waals surface area contributed by atoms with E-state index in [0.29, 0.717) is 5.56 Å². The Balaban J connectivity index is 3.19. The maximum atomic E-state index is 13.2. The fourth-order valence-corrected chi connectivity index (χ4v) is 3.44. The number of carboxylic acid groups (broad SMARTS) is 1. The van der Waals surface area contributed by atoms with Gasteiger partial charge in [0.1, 0.15) is 23.9 Å². The second-order valence-corrected chi connectivity index (χ2v) is 9.80. The van der Waals surface area contributed by atoms with Crippen LogP contribution in [0.15, 0.2) is 24.3 Å². The van der Waals surface area contributed by atoms with Crippen LogP contribution >= 0.6 is 0 Å². The number of carbonyl (C=O) groups is 5. The van der Waals surface area contributed by atoms with Crippen molar-refractivity contribution in [3.05, 3.63) is 29.8 Å². The summed E-state index contributed by atoms with van der Waals surface area (Å²) < 4.78 is 0. The monoisotopic (exact) mass is 521 g/mol. The highest BCUT2D eigenvalue weighted by Gasteiger charge is 2.31. The molecule has 0 aliphatic rings. The number of benzene rings is 1. The van der Waals surface area contributed by atoms with Crippen LogP contribution in [0, 0.1) is 11.8 Å². The fraction of sp³-hybridized carbons (Fsp3) is 0.560. The minimum atomic E-state index is -1.22. The Hall–Kier alpha value is -3.67. The molecule has 0 radical (unpaired) electrons. The third-order valence-corrected chi connectivity index (χ3v) is 5.66. The van der Waals surface area contributed by atoms with E-state index >= 15 is 0 Å². The van der Waals surface area contributed by atoms with Gasteiger partial charge in [0.2, 0.25) is 23.6 Å². The van der Waals surface area contributed by atoms with Crippen LogP contribution in [0.4, 0.5) is 0 Å². The van der Waals surface area contributed by atoms with Crippen LogP contribution in [0.3, 0.4) is 0 Å². The molecular formula is C25H39N5O7. The smallest absolute Gasteiger partial charge is 0.326 e. The van der Waals surface area contributed by atoms with E-state index in [0.717, 1.165) is 0 Å². The Bertz CT molecular complexity index is 949. The Morgan fingerprint density at radius 3 is 1.84 bits per heavy atom. The summed E-state index contributed by atoms with van der Waals surface area (Å²) in [5.41, 5.74) is 11.7. The molecule has 9 N–H and O–H groups in total. The molecule has 1 rings (SSSR count). The van der Waals surface area contributed by atoms with Crippen LogP contribution < -0.4 is 27.4 Å². The van der Waals surface area contributed by atoms with Crippen molar-refractivity contribution in [2.45, 2.75) is 77.5 Å². The number of aliphatic carboxylic acids is 1. The Kier molecular flexibility index (Phi) is 12.5. The van der Waals surface area contributed by atoms with Gasteiger partial charge < -0.3 is 37.6 Å². The zero-order valence-electron chi connectivity index (χ0n) is 21.7. The number of rotatable bonds is 15. The molecule has 206 valence electrons. The van der Waals surface area contributed by atoms with Gasteiger partial charge in [0.25, 0.3) is 0 Å². The van der Waals surface area contributed by atoms with Crippen molar-refractivity contribution < 1.29 is 34.2 Å². The van der Waals surface area contributed by atoms with Gasteiger partial charge in [0, 0.05) is 12.8 Å². The van der Waals surface area contributed by atoms with Crippen LogP contribution in [-0.2, 0) is 30.4 Å². The molecule has 0 fully saturated rings. The average Bonchev–Trinajstić information content (AvgIpc) is 2.80. The number of carboxylic acids is 1. The van der Waals surface area contributed by atoms with Crippen molar-refractivity contribution in [1.29, 1.82) is 0 Å². The highest BCUT2D eigenvalue weighted by Crippen LogP contribution is 2.13. The van der Waals surface area contributed by atoms with E-state index in [1.165, 1.54) is 12.1 Å². The molecule has 0 saturated carbocycles. The minimum Gasteiger partial charge on any atom is -0.508 e. The van der Waals surface area contributed by atoms with E-state index in [2.05, 4.69) is 16.0 Å². The van der Waals surface area contributed by atoms with Gasteiger partial charge in [-0.2, -0.15) is 0 Å². The molecule has 37 heavy (non-hydrogen) atoms. The summed E-state index contributed by atoms with van der Waals surface area (Å²) in [6.45, 7) is 7.09. The van der Waals surface area contributed by atoms with Gasteiger partial charge in [-0.3, -0.25) is 19.2 Å². The summed E-state index contributed by atoms with van der Waals surface area (Å²) >= 11 is 0. The molecular weight excluding hydrogens is 482 g/mol. The summed E-state index contributed by atoms with van der Waals surface area (Å²) in [5.74, 6) is -4.25. The number of carbonyl (C=O) groups excluding carboxylic acids is 4. The van der Waals surface area contributed by atoms with Crippen molar-refractivity contribution >= 4 is 29.6 Å². The van der Waals surface area contributed by atoms with Crippen LogP contribution in [-0.4, -0.2) is 64.0 Å². The minimum absolute atomic E-state index is 0.00683. The average molecular weight is 522 g/mol. The third kappa shape index (κ3) is 11.3. The zero-order valence-corrected chi connectivity index (χ0v) is 21.7. The number of hydrogen-bond acceptors (Lipinski definition) is 7. The predicted octanol–water partition coefficient (Wildman–Crippen LogP) is -0.231. The van der Waals surface area contributed by atoms with E-state index in [4.69, 9.17) is 11.5 Å². The topological polar surface area (TPSA) is 214 Å². The van der Waals surface area contributed by atoms with Gasteiger partial charge in [0.05, 0.1) is 6.04 Å². The molecule has 12 heteroatoms. The number of nitrogens with two attached hydrogens (primary N) is 2. The van der Waals surface area contributed by atoms with Crippen LogP contribution in [0.2, 0.25) is 0 Å². The number of phenols is 1. The van der Waals surface area contributed by atoms with Gasteiger partial charge in [0.15, 0.2) is 0 Å². The van der Waals surface area contributed by atoms with E-state index in [9.17, 15) is 34.2 Å². The summed E-state index contributed by atoms with van der Waals surface area (Å²) in [6, 6.07) is 1.40. The molecule has 4 unspecified atom stereocenters. The van der Waals surface area contributed by atoms with Gasteiger partial charge in [-0.1, -0.05) is 39.8 Å². The summed E-state index contributed by atoms with van der Waals surface area (Å²) in [5, 5.41) is 26.6. The van der Waals surface area contributed by atoms with Crippen molar-refractivity contribution in [3.63, 3.8) is 0 Å². The predicted molar refractivity (Wildman–Crippen MR) is 136 cm³/mol. The van der Waals surface area contributed by atoms with Crippen LogP contribution in [0.1, 0.15) is 52.5 Å². The molecule has 1 aromatic rings. The van der Waals surface area contributed by atoms with Crippen LogP contribution in [0.25, 0.3) is 0 Å². The maximum Gasteiger partial charge on any atom is 0.326 e. The fourth-order valence-electron chi connectivity index (χ4n) is 3.44. The number of amides is 4. The number of primary amides is 1. The van der Waals surface area contributed by atoms with Crippen molar-refractivity contribution in [1.82, 2.24) is 16.0 Å². The first-order chi connectivity index (χ1) is 17.2. The molecule has 0 saturated heterocycles. The van der Waals surface area contributed by atoms with E-state index in [1.807, 2.05) is 13.8 Å². The summed E-state index contributed by atoms with van der Waals surface area (Å²) in [7, 11) is 0. The van der Waals surface area contributed by atoms with Gasteiger partial charge >= 0.3 is 5.97 Å². The SMILES string of the molecule is CC(C)CC(NC(=O)C(Cc1ccc(O)cc1)NC(=O)C(CCC(N)=O)NC(=O)C(N)C(C)C)C(=O)O. The largest absolute Gasteiger partial charge is 0.508 e.